The van der Waals surface area contributed by atoms with Crippen molar-refractivity contribution in [1.82, 2.24) is 4.31 Å². The van der Waals surface area contributed by atoms with Crippen LogP contribution in [0.3, 0.4) is 0 Å². The number of hydrogen-bond acceptors (Lipinski definition) is 3. The molecule has 3 nitrogen and oxygen atoms in total. The zero-order valence-corrected chi connectivity index (χ0v) is 11.5. The van der Waals surface area contributed by atoms with Gasteiger partial charge in [0.15, 0.2) is 0 Å². The summed E-state index contributed by atoms with van der Waals surface area (Å²) in [7, 11) is -3.11. The van der Waals surface area contributed by atoms with Gasteiger partial charge >= 0.3 is 0 Å². The van der Waals surface area contributed by atoms with E-state index in [2.05, 4.69) is 0 Å². The zero-order valence-electron chi connectivity index (χ0n) is 9.15. The lowest BCUT2D eigenvalue weighted by molar-refractivity contribution is 0.365. The standard InChI is InChI=1S/C9H18ClNO2S2/c1-8(5-10)7-15(12,13)11-3-4-14-6-9(11)2/h8-9H,3-7H2,1-2H3. The van der Waals surface area contributed by atoms with E-state index in [1.54, 1.807) is 4.31 Å². The van der Waals surface area contributed by atoms with Crippen LogP contribution in [0.25, 0.3) is 0 Å². The van der Waals surface area contributed by atoms with E-state index >= 15 is 0 Å². The minimum Gasteiger partial charge on any atom is -0.212 e. The first-order valence-corrected chi connectivity index (χ1v) is 8.40. The molecule has 2 atom stereocenters. The van der Waals surface area contributed by atoms with Crippen LogP contribution >= 0.6 is 23.4 Å². The molecule has 2 unspecified atom stereocenters. The van der Waals surface area contributed by atoms with E-state index < -0.39 is 10.0 Å². The van der Waals surface area contributed by atoms with Crippen LogP contribution in [0.1, 0.15) is 13.8 Å². The van der Waals surface area contributed by atoms with Gasteiger partial charge in [-0.2, -0.15) is 16.1 Å². The second kappa shape index (κ2) is 5.75. The summed E-state index contributed by atoms with van der Waals surface area (Å²) in [5.74, 6) is 2.40. The van der Waals surface area contributed by atoms with Gasteiger partial charge in [-0.05, 0) is 12.8 Å². The molecule has 0 amide bonds. The molecule has 1 saturated heterocycles. The van der Waals surface area contributed by atoms with Crippen molar-refractivity contribution in [3.63, 3.8) is 0 Å². The van der Waals surface area contributed by atoms with E-state index in [0.29, 0.717) is 12.4 Å². The fourth-order valence-electron chi connectivity index (χ4n) is 1.63. The molecule has 0 saturated carbocycles. The van der Waals surface area contributed by atoms with Crippen molar-refractivity contribution >= 4 is 33.4 Å². The van der Waals surface area contributed by atoms with Crippen LogP contribution in [-0.4, -0.2) is 48.4 Å². The number of sulfonamides is 1. The predicted octanol–water partition coefficient (Wildman–Crippen LogP) is 1.63. The monoisotopic (exact) mass is 271 g/mol. The van der Waals surface area contributed by atoms with Crippen molar-refractivity contribution in [1.29, 1.82) is 0 Å². The second-order valence-corrected chi connectivity index (χ2v) is 7.50. The van der Waals surface area contributed by atoms with Gasteiger partial charge < -0.3 is 0 Å². The molecule has 0 aromatic carbocycles. The number of nitrogens with zero attached hydrogens (tertiary/aromatic N) is 1. The van der Waals surface area contributed by atoms with Gasteiger partial charge in [-0.15, -0.1) is 11.6 Å². The normalized spacial score (nSPS) is 26.5. The van der Waals surface area contributed by atoms with Crippen LogP contribution in [0, 0.1) is 5.92 Å². The summed E-state index contributed by atoms with van der Waals surface area (Å²) in [4.78, 5) is 0. The maximum Gasteiger partial charge on any atom is 0.214 e. The van der Waals surface area contributed by atoms with Gasteiger partial charge in [0.05, 0.1) is 5.75 Å². The zero-order chi connectivity index (χ0) is 11.5. The summed E-state index contributed by atoms with van der Waals surface area (Å²) in [5.41, 5.74) is 0. The summed E-state index contributed by atoms with van der Waals surface area (Å²) in [6.45, 7) is 4.48. The summed E-state index contributed by atoms with van der Waals surface area (Å²) < 4.78 is 25.7. The highest BCUT2D eigenvalue weighted by atomic mass is 35.5. The molecule has 1 heterocycles. The lowest BCUT2D eigenvalue weighted by Gasteiger charge is -2.32. The lowest BCUT2D eigenvalue weighted by atomic mass is 10.3. The maximum absolute atomic E-state index is 12.0. The van der Waals surface area contributed by atoms with Crippen molar-refractivity contribution in [2.75, 3.05) is 29.7 Å². The highest BCUT2D eigenvalue weighted by molar-refractivity contribution is 7.99. The summed E-state index contributed by atoms with van der Waals surface area (Å²) in [6, 6.07) is 0.122. The van der Waals surface area contributed by atoms with E-state index in [-0.39, 0.29) is 17.7 Å². The number of rotatable bonds is 4. The van der Waals surface area contributed by atoms with E-state index in [4.69, 9.17) is 11.6 Å². The molecule has 15 heavy (non-hydrogen) atoms. The van der Waals surface area contributed by atoms with Gasteiger partial charge in [-0.25, -0.2) is 8.42 Å². The Kier molecular flexibility index (Phi) is 5.22. The molecule has 1 fully saturated rings. The fourth-order valence-corrected chi connectivity index (χ4v) is 5.11. The minimum absolute atomic E-state index is 0.0263. The number of hydrogen-bond donors (Lipinski definition) is 0. The average Bonchev–Trinajstić information content (AvgIpc) is 2.17. The molecule has 0 aromatic heterocycles. The summed E-state index contributed by atoms with van der Waals surface area (Å²) in [6.07, 6.45) is 0. The Morgan fingerprint density at radius 2 is 2.27 bits per heavy atom. The molecule has 0 aromatic rings. The van der Waals surface area contributed by atoms with Gasteiger partial charge in [0.25, 0.3) is 0 Å². The topological polar surface area (TPSA) is 37.4 Å². The van der Waals surface area contributed by atoms with Crippen molar-refractivity contribution < 1.29 is 8.42 Å². The Bertz CT molecular complexity index is 294. The molecular formula is C9H18ClNO2S2. The first-order valence-electron chi connectivity index (χ1n) is 5.10. The number of halogens is 1. The minimum atomic E-state index is -3.11. The highest BCUT2D eigenvalue weighted by Crippen LogP contribution is 2.20. The predicted molar refractivity (Wildman–Crippen MR) is 67.2 cm³/mol. The second-order valence-electron chi connectivity index (χ2n) is 4.07. The molecule has 0 aliphatic carbocycles. The quantitative estimate of drug-likeness (QED) is 0.730. The number of thioether (sulfide) groups is 1. The third kappa shape index (κ3) is 3.80. The van der Waals surface area contributed by atoms with Crippen LogP contribution in [0.5, 0.6) is 0 Å². The molecule has 1 rings (SSSR count). The van der Waals surface area contributed by atoms with Gasteiger partial charge in [0.2, 0.25) is 10.0 Å². The molecule has 0 radical (unpaired) electrons. The molecule has 0 N–H and O–H groups in total. The van der Waals surface area contributed by atoms with Gasteiger partial charge in [-0.3, -0.25) is 0 Å². The largest absolute Gasteiger partial charge is 0.214 e. The average molecular weight is 272 g/mol. The SMILES string of the molecule is CC(CCl)CS(=O)(=O)N1CCSCC1C. The summed E-state index contributed by atoms with van der Waals surface area (Å²) >= 11 is 7.46. The molecule has 0 bridgehead atoms. The Morgan fingerprint density at radius 3 is 2.80 bits per heavy atom. The van der Waals surface area contributed by atoms with E-state index in [1.165, 1.54) is 0 Å². The highest BCUT2D eigenvalue weighted by Gasteiger charge is 2.30. The Morgan fingerprint density at radius 1 is 1.60 bits per heavy atom. The van der Waals surface area contributed by atoms with Crippen LogP contribution in [-0.2, 0) is 10.0 Å². The first kappa shape index (κ1) is 13.6. The van der Waals surface area contributed by atoms with Gasteiger partial charge in [0.1, 0.15) is 0 Å². The van der Waals surface area contributed by atoms with E-state index in [1.807, 2.05) is 25.6 Å². The summed E-state index contributed by atoms with van der Waals surface area (Å²) in [5, 5.41) is 0. The van der Waals surface area contributed by atoms with Gasteiger partial charge in [-0.1, -0.05) is 6.92 Å². The maximum atomic E-state index is 12.0. The van der Waals surface area contributed by atoms with E-state index in [0.717, 1.165) is 11.5 Å². The molecule has 1 aliphatic heterocycles. The molecule has 90 valence electrons. The third-order valence-electron chi connectivity index (χ3n) is 2.42. The Balaban J connectivity index is 2.67. The Labute approximate surface area is 102 Å². The van der Waals surface area contributed by atoms with Gasteiger partial charge in [0, 0.05) is 30.0 Å². The smallest absolute Gasteiger partial charge is 0.212 e. The van der Waals surface area contributed by atoms with Crippen molar-refractivity contribution in [3.8, 4) is 0 Å². The molecule has 6 heteroatoms. The van der Waals surface area contributed by atoms with Crippen LogP contribution in [0.15, 0.2) is 0 Å². The van der Waals surface area contributed by atoms with Crippen molar-refractivity contribution in [3.05, 3.63) is 0 Å². The van der Waals surface area contributed by atoms with Crippen LogP contribution < -0.4 is 0 Å². The van der Waals surface area contributed by atoms with Crippen molar-refractivity contribution in [2.45, 2.75) is 19.9 Å². The fraction of sp³-hybridized carbons (Fsp3) is 1.00. The third-order valence-corrected chi connectivity index (χ3v) is 6.39. The first-order chi connectivity index (χ1) is 6.97. The lowest BCUT2D eigenvalue weighted by Crippen LogP contribution is -2.46. The van der Waals surface area contributed by atoms with Crippen LogP contribution in [0.2, 0.25) is 0 Å². The molecule has 1 aliphatic rings. The Hall–Kier alpha value is 0.550. The van der Waals surface area contributed by atoms with E-state index in [9.17, 15) is 8.42 Å². The van der Waals surface area contributed by atoms with Crippen molar-refractivity contribution in [2.24, 2.45) is 5.92 Å². The molecule has 0 spiro atoms. The van der Waals surface area contributed by atoms with Crippen LogP contribution in [0.4, 0.5) is 0 Å². The molecular weight excluding hydrogens is 254 g/mol. The number of alkyl halides is 1.